The second-order valence-corrected chi connectivity index (χ2v) is 2.41. The summed E-state index contributed by atoms with van der Waals surface area (Å²) in [6, 6.07) is 0. The van der Waals surface area contributed by atoms with Crippen molar-refractivity contribution in [2.75, 3.05) is 7.11 Å². The van der Waals surface area contributed by atoms with Crippen LogP contribution in [0.3, 0.4) is 0 Å². The van der Waals surface area contributed by atoms with Crippen LogP contribution in [0.15, 0.2) is 11.6 Å². The highest BCUT2D eigenvalue weighted by atomic mass is 16.5. The molecule has 0 fully saturated rings. The lowest BCUT2D eigenvalue weighted by Gasteiger charge is -1.98. The molecule has 0 saturated carbocycles. The molecule has 0 rings (SSSR count). The summed E-state index contributed by atoms with van der Waals surface area (Å²) >= 11 is 0. The number of esters is 1. The summed E-state index contributed by atoms with van der Waals surface area (Å²) in [5.74, 6) is -1.31. The van der Waals surface area contributed by atoms with E-state index in [1.807, 2.05) is 0 Å². The molecule has 4 heteroatoms. The van der Waals surface area contributed by atoms with Crippen LogP contribution in [-0.4, -0.2) is 24.2 Å². The van der Waals surface area contributed by atoms with Crippen molar-refractivity contribution in [3.63, 3.8) is 0 Å². The number of carboxylic acid groups (broad SMARTS) is 1. The molecule has 0 aromatic carbocycles. The van der Waals surface area contributed by atoms with Crippen LogP contribution >= 0.6 is 0 Å². The van der Waals surface area contributed by atoms with Crippen molar-refractivity contribution in [1.82, 2.24) is 0 Å². The Morgan fingerprint density at radius 2 is 2.00 bits per heavy atom. The number of carbonyl (C=O) groups excluding carboxylic acids is 1. The SMILES string of the molecule is COC(=O)CC/C(C)=C/C(=O)O. The Kier molecular flexibility index (Phi) is 4.76. The zero-order valence-corrected chi connectivity index (χ0v) is 7.16. The number of methoxy groups -OCH3 is 1. The molecule has 0 bridgehead atoms. The van der Waals surface area contributed by atoms with E-state index in [9.17, 15) is 9.59 Å². The van der Waals surface area contributed by atoms with Gasteiger partial charge in [0.2, 0.25) is 0 Å². The predicted molar refractivity (Wildman–Crippen MR) is 42.6 cm³/mol. The molecule has 0 radical (unpaired) electrons. The van der Waals surface area contributed by atoms with Crippen LogP contribution in [0.25, 0.3) is 0 Å². The van der Waals surface area contributed by atoms with Gasteiger partial charge in [-0.2, -0.15) is 0 Å². The summed E-state index contributed by atoms with van der Waals surface area (Å²) in [5.41, 5.74) is 0.660. The van der Waals surface area contributed by atoms with Crippen molar-refractivity contribution in [3.05, 3.63) is 11.6 Å². The standard InChI is InChI=1S/C8H12O4/c1-6(5-7(9)10)3-4-8(11)12-2/h5H,3-4H2,1-2H3,(H,9,10)/b6-5+. The Morgan fingerprint density at radius 3 is 2.42 bits per heavy atom. The summed E-state index contributed by atoms with van der Waals surface area (Å²) in [5, 5.41) is 8.31. The number of hydrogen-bond donors (Lipinski definition) is 1. The zero-order valence-electron chi connectivity index (χ0n) is 7.16. The van der Waals surface area contributed by atoms with Crippen molar-refractivity contribution in [1.29, 1.82) is 0 Å². The van der Waals surface area contributed by atoms with Crippen molar-refractivity contribution in [2.24, 2.45) is 0 Å². The first-order valence-electron chi connectivity index (χ1n) is 3.53. The number of carboxylic acids is 1. The normalized spacial score (nSPS) is 11.0. The Bertz CT molecular complexity index is 205. The molecular weight excluding hydrogens is 160 g/mol. The molecule has 0 spiro atoms. The van der Waals surface area contributed by atoms with Crippen LogP contribution in [0.2, 0.25) is 0 Å². The molecule has 0 unspecified atom stereocenters. The van der Waals surface area contributed by atoms with Crippen LogP contribution < -0.4 is 0 Å². The quantitative estimate of drug-likeness (QED) is 0.507. The van der Waals surface area contributed by atoms with E-state index >= 15 is 0 Å². The van der Waals surface area contributed by atoms with Gasteiger partial charge in [0, 0.05) is 12.5 Å². The third-order valence-corrected chi connectivity index (χ3v) is 1.32. The van der Waals surface area contributed by atoms with E-state index in [0.29, 0.717) is 12.0 Å². The lowest BCUT2D eigenvalue weighted by Crippen LogP contribution is -2.00. The molecule has 0 saturated heterocycles. The minimum Gasteiger partial charge on any atom is -0.478 e. The fourth-order valence-electron chi connectivity index (χ4n) is 0.684. The van der Waals surface area contributed by atoms with E-state index in [0.717, 1.165) is 6.08 Å². The summed E-state index contributed by atoms with van der Waals surface area (Å²) in [7, 11) is 1.30. The van der Waals surface area contributed by atoms with Crippen molar-refractivity contribution in [2.45, 2.75) is 19.8 Å². The first-order chi connectivity index (χ1) is 5.56. The number of hydrogen-bond acceptors (Lipinski definition) is 3. The maximum absolute atomic E-state index is 10.6. The first kappa shape index (κ1) is 10.7. The molecule has 0 amide bonds. The smallest absolute Gasteiger partial charge is 0.328 e. The van der Waals surface area contributed by atoms with E-state index in [2.05, 4.69) is 4.74 Å². The summed E-state index contributed by atoms with van der Waals surface area (Å²) < 4.78 is 4.39. The average molecular weight is 172 g/mol. The monoisotopic (exact) mass is 172 g/mol. The molecule has 0 aliphatic rings. The fourth-order valence-corrected chi connectivity index (χ4v) is 0.684. The highest BCUT2D eigenvalue weighted by Gasteiger charge is 2.01. The van der Waals surface area contributed by atoms with Crippen LogP contribution in [0.5, 0.6) is 0 Å². The number of allylic oxidation sites excluding steroid dienone is 1. The van der Waals surface area contributed by atoms with Crippen molar-refractivity contribution >= 4 is 11.9 Å². The number of aliphatic carboxylic acids is 1. The van der Waals surface area contributed by atoms with Crippen LogP contribution in [-0.2, 0) is 14.3 Å². The third-order valence-electron chi connectivity index (χ3n) is 1.32. The molecule has 68 valence electrons. The van der Waals surface area contributed by atoms with Crippen LogP contribution in [0.1, 0.15) is 19.8 Å². The maximum Gasteiger partial charge on any atom is 0.328 e. The van der Waals surface area contributed by atoms with E-state index in [1.165, 1.54) is 7.11 Å². The summed E-state index contributed by atoms with van der Waals surface area (Å²) in [6.07, 6.45) is 1.74. The third kappa shape index (κ3) is 5.46. The zero-order chi connectivity index (χ0) is 9.56. The van der Waals surface area contributed by atoms with Gasteiger partial charge in [-0.25, -0.2) is 4.79 Å². The molecule has 0 atom stereocenters. The van der Waals surface area contributed by atoms with Gasteiger partial charge in [-0.1, -0.05) is 5.57 Å². The van der Waals surface area contributed by atoms with Gasteiger partial charge in [0.25, 0.3) is 0 Å². The Labute approximate surface area is 70.8 Å². The fraction of sp³-hybridized carbons (Fsp3) is 0.500. The van der Waals surface area contributed by atoms with Crippen LogP contribution in [0.4, 0.5) is 0 Å². The lowest BCUT2D eigenvalue weighted by molar-refractivity contribution is -0.140. The van der Waals surface area contributed by atoms with Gasteiger partial charge in [-0.15, -0.1) is 0 Å². The van der Waals surface area contributed by atoms with Crippen LogP contribution in [0, 0.1) is 0 Å². The van der Waals surface area contributed by atoms with Gasteiger partial charge < -0.3 is 9.84 Å². The molecule has 4 nitrogen and oxygen atoms in total. The second-order valence-electron chi connectivity index (χ2n) is 2.41. The Morgan fingerprint density at radius 1 is 1.42 bits per heavy atom. The molecule has 0 aliphatic carbocycles. The topological polar surface area (TPSA) is 63.6 Å². The van der Waals surface area contributed by atoms with Crippen molar-refractivity contribution in [3.8, 4) is 0 Å². The van der Waals surface area contributed by atoms with Gasteiger partial charge in [-0.05, 0) is 13.3 Å². The predicted octanol–water partition coefficient (Wildman–Crippen LogP) is 0.970. The van der Waals surface area contributed by atoms with E-state index < -0.39 is 5.97 Å². The van der Waals surface area contributed by atoms with Gasteiger partial charge in [0.1, 0.15) is 0 Å². The minimum atomic E-state index is -0.989. The highest BCUT2D eigenvalue weighted by molar-refractivity contribution is 5.80. The van der Waals surface area contributed by atoms with Gasteiger partial charge in [0.15, 0.2) is 0 Å². The molecule has 0 aromatic rings. The molecule has 1 N–H and O–H groups in total. The summed E-state index contributed by atoms with van der Waals surface area (Å²) in [6.45, 7) is 1.66. The maximum atomic E-state index is 10.6. The molecular formula is C8H12O4. The first-order valence-corrected chi connectivity index (χ1v) is 3.53. The number of carbonyl (C=O) groups is 2. The lowest BCUT2D eigenvalue weighted by atomic mass is 10.1. The number of rotatable bonds is 4. The van der Waals surface area contributed by atoms with Crippen molar-refractivity contribution < 1.29 is 19.4 Å². The molecule has 12 heavy (non-hydrogen) atoms. The van der Waals surface area contributed by atoms with Gasteiger partial charge in [0.05, 0.1) is 7.11 Å². The van der Waals surface area contributed by atoms with Gasteiger partial charge in [-0.3, -0.25) is 4.79 Å². The minimum absolute atomic E-state index is 0.228. The second kappa shape index (κ2) is 5.35. The molecule has 0 heterocycles. The number of ether oxygens (including phenoxy) is 1. The van der Waals surface area contributed by atoms with E-state index in [4.69, 9.17) is 5.11 Å². The van der Waals surface area contributed by atoms with E-state index in [-0.39, 0.29) is 12.4 Å². The molecule has 0 aliphatic heterocycles. The highest BCUT2D eigenvalue weighted by Crippen LogP contribution is 2.03. The van der Waals surface area contributed by atoms with Gasteiger partial charge >= 0.3 is 11.9 Å². The van der Waals surface area contributed by atoms with E-state index in [1.54, 1.807) is 6.92 Å². The molecule has 0 aromatic heterocycles. The Balaban J connectivity index is 3.78. The largest absolute Gasteiger partial charge is 0.478 e. The Hall–Kier alpha value is -1.32. The average Bonchev–Trinajstić information content (AvgIpc) is 1.99. The summed E-state index contributed by atoms with van der Waals surface area (Å²) in [4.78, 5) is 20.7.